The molecule has 0 saturated carbocycles. The van der Waals surface area contributed by atoms with Gasteiger partial charge in [-0.25, -0.2) is 8.78 Å². The van der Waals surface area contributed by atoms with Crippen molar-refractivity contribution in [1.29, 1.82) is 0 Å². The molecule has 0 atom stereocenters. The van der Waals surface area contributed by atoms with Crippen LogP contribution in [-0.2, 0) is 6.42 Å². The number of hydrogen-bond acceptors (Lipinski definition) is 2. The molecule has 0 aliphatic carbocycles. The maximum Gasteiger partial charge on any atom is 0.199 e. The van der Waals surface area contributed by atoms with Crippen molar-refractivity contribution in [2.75, 3.05) is 7.11 Å². The average Bonchev–Trinajstić information content (AvgIpc) is 2.49. The van der Waals surface area contributed by atoms with Crippen molar-refractivity contribution in [2.24, 2.45) is 0 Å². The van der Waals surface area contributed by atoms with E-state index >= 15 is 0 Å². The highest BCUT2D eigenvalue weighted by Crippen LogP contribution is 2.27. The van der Waals surface area contributed by atoms with Crippen molar-refractivity contribution in [3.63, 3.8) is 0 Å². The summed E-state index contributed by atoms with van der Waals surface area (Å²) in [5, 5.41) is 0. The van der Waals surface area contributed by atoms with E-state index in [1.807, 2.05) is 6.92 Å². The highest BCUT2D eigenvalue weighted by molar-refractivity contribution is 6.11. The van der Waals surface area contributed by atoms with E-state index in [0.717, 1.165) is 6.42 Å². The fourth-order valence-electron chi connectivity index (χ4n) is 2.19. The first-order valence-electron chi connectivity index (χ1n) is 6.74. The van der Waals surface area contributed by atoms with Crippen molar-refractivity contribution < 1.29 is 18.3 Å². The van der Waals surface area contributed by atoms with Crippen LogP contribution in [0.5, 0.6) is 5.75 Å². The van der Waals surface area contributed by atoms with Crippen LogP contribution in [0.1, 0.15) is 34.8 Å². The molecule has 0 aliphatic heterocycles. The molecule has 0 aliphatic rings. The van der Waals surface area contributed by atoms with Gasteiger partial charge in [0.05, 0.1) is 7.11 Å². The van der Waals surface area contributed by atoms with Crippen LogP contribution in [0.25, 0.3) is 0 Å². The van der Waals surface area contributed by atoms with Crippen molar-refractivity contribution in [1.82, 2.24) is 0 Å². The van der Waals surface area contributed by atoms with Gasteiger partial charge in [-0.2, -0.15) is 0 Å². The molecule has 0 unspecified atom stereocenters. The lowest BCUT2D eigenvalue weighted by Crippen LogP contribution is -2.09. The fourth-order valence-corrected chi connectivity index (χ4v) is 2.19. The van der Waals surface area contributed by atoms with Gasteiger partial charge in [0.1, 0.15) is 22.9 Å². The summed E-state index contributed by atoms with van der Waals surface area (Å²) in [6, 6.07) is 8.23. The van der Waals surface area contributed by atoms with Crippen LogP contribution in [-0.4, -0.2) is 12.9 Å². The molecule has 0 aromatic heterocycles. The van der Waals surface area contributed by atoms with Crippen molar-refractivity contribution >= 4 is 5.78 Å². The van der Waals surface area contributed by atoms with E-state index in [4.69, 9.17) is 4.74 Å². The molecule has 21 heavy (non-hydrogen) atoms. The lowest BCUT2D eigenvalue weighted by molar-refractivity contribution is 0.103. The Labute approximate surface area is 122 Å². The lowest BCUT2D eigenvalue weighted by Gasteiger charge is -2.12. The minimum Gasteiger partial charge on any atom is -0.496 e. The molecule has 0 spiro atoms. The smallest absolute Gasteiger partial charge is 0.199 e. The molecule has 2 rings (SSSR count). The Kier molecular flexibility index (Phi) is 4.68. The molecule has 0 saturated heterocycles. The molecule has 2 aromatic carbocycles. The van der Waals surface area contributed by atoms with E-state index in [0.29, 0.717) is 12.0 Å². The van der Waals surface area contributed by atoms with Gasteiger partial charge in [-0.1, -0.05) is 19.4 Å². The maximum absolute atomic E-state index is 14.5. The number of hydrogen-bond donors (Lipinski definition) is 0. The Morgan fingerprint density at radius 3 is 2.33 bits per heavy atom. The molecule has 0 bridgehead atoms. The van der Waals surface area contributed by atoms with Crippen molar-refractivity contribution in [3.05, 3.63) is 64.7 Å². The van der Waals surface area contributed by atoms with Gasteiger partial charge in [0.15, 0.2) is 5.78 Å². The Morgan fingerprint density at radius 1 is 1.10 bits per heavy atom. The molecule has 4 heteroatoms. The molecule has 0 N–H and O–H groups in total. The van der Waals surface area contributed by atoms with Crippen LogP contribution in [0.3, 0.4) is 0 Å². The highest BCUT2D eigenvalue weighted by Gasteiger charge is 2.21. The molecule has 110 valence electrons. The predicted octanol–water partition coefficient (Wildman–Crippen LogP) is 4.16. The highest BCUT2D eigenvalue weighted by atomic mass is 19.1. The molecule has 0 amide bonds. The van der Waals surface area contributed by atoms with E-state index in [1.54, 1.807) is 12.1 Å². The van der Waals surface area contributed by atoms with Gasteiger partial charge in [-0.05, 0) is 42.3 Å². The maximum atomic E-state index is 14.5. The molecule has 0 heterocycles. The number of ketones is 1. The number of ether oxygens (including phenoxy) is 1. The van der Waals surface area contributed by atoms with Gasteiger partial charge in [0.25, 0.3) is 0 Å². The van der Waals surface area contributed by atoms with Crippen molar-refractivity contribution in [2.45, 2.75) is 19.8 Å². The van der Waals surface area contributed by atoms with Gasteiger partial charge in [-0.15, -0.1) is 0 Å². The molecule has 0 radical (unpaired) electrons. The summed E-state index contributed by atoms with van der Waals surface area (Å²) in [7, 11) is 1.38. The minimum absolute atomic E-state index is 0.102. The van der Waals surface area contributed by atoms with Crippen LogP contribution >= 0.6 is 0 Å². The molecule has 2 aromatic rings. The van der Waals surface area contributed by atoms with Crippen LogP contribution in [0.4, 0.5) is 8.78 Å². The minimum atomic E-state index is -0.564. The zero-order valence-electron chi connectivity index (χ0n) is 12.0. The van der Waals surface area contributed by atoms with Gasteiger partial charge in [0, 0.05) is 5.56 Å². The normalized spacial score (nSPS) is 10.5. The summed E-state index contributed by atoms with van der Waals surface area (Å²) >= 11 is 0. The van der Waals surface area contributed by atoms with Crippen molar-refractivity contribution in [3.8, 4) is 5.75 Å². The molecular formula is C17H16F2O2. The SMILES string of the molecule is CCCc1ccc(OC)c(C(=O)c2ccc(F)cc2)c1F. The van der Waals surface area contributed by atoms with E-state index < -0.39 is 17.4 Å². The standard InChI is InChI=1S/C17H16F2O2/c1-3-4-11-7-10-14(21-2)15(16(11)19)17(20)12-5-8-13(18)9-6-12/h5-10H,3-4H2,1-2H3. The molecular weight excluding hydrogens is 274 g/mol. The molecule has 0 fully saturated rings. The summed E-state index contributed by atoms with van der Waals surface area (Å²) in [6.07, 6.45) is 1.31. The quantitative estimate of drug-likeness (QED) is 0.773. The summed E-state index contributed by atoms with van der Waals surface area (Å²) < 4.78 is 32.6. The van der Waals surface area contributed by atoms with Crippen LogP contribution in [0, 0.1) is 11.6 Å². The van der Waals surface area contributed by atoms with E-state index in [2.05, 4.69) is 0 Å². The first kappa shape index (κ1) is 15.2. The monoisotopic (exact) mass is 290 g/mol. The van der Waals surface area contributed by atoms with Crippen LogP contribution in [0.15, 0.2) is 36.4 Å². The van der Waals surface area contributed by atoms with E-state index in [9.17, 15) is 13.6 Å². The average molecular weight is 290 g/mol. The Bertz CT molecular complexity index is 649. The summed E-state index contributed by atoms with van der Waals surface area (Å²) in [6.45, 7) is 1.94. The summed E-state index contributed by atoms with van der Waals surface area (Å²) in [5.74, 6) is -1.34. The van der Waals surface area contributed by atoms with E-state index in [1.165, 1.54) is 31.4 Å². The second-order valence-electron chi connectivity index (χ2n) is 4.70. The number of rotatable bonds is 5. The number of benzene rings is 2. The first-order chi connectivity index (χ1) is 10.1. The Hall–Kier alpha value is -2.23. The summed E-state index contributed by atoms with van der Waals surface area (Å²) in [5.41, 5.74) is 0.598. The van der Waals surface area contributed by atoms with Crippen LogP contribution in [0.2, 0.25) is 0 Å². The second kappa shape index (κ2) is 6.48. The summed E-state index contributed by atoms with van der Waals surface area (Å²) in [4.78, 5) is 12.5. The van der Waals surface area contributed by atoms with Gasteiger partial charge in [-0.3, -0.25) is 4.79 Å². The number of carbonyl (C=O) groups is 1. The van der Waals surface area contributed by atoms with E-state index in [-0.39, 0.29) is 16.9 Å². The number of methoxy groups -OCH3 is 1. The Morgan fingerprint density at radius 2 is 1.76 bits per heavy atom. The first-order valence-corrected chi connectivity index (χ1v) is 6.74. The number of carbonyl (C=O) groups excluding carboxylic acids is 1. The Balaban J connectivity index is 2.52. The predicted molar refractivity (Wildman–Crippen MR) is 76.8 cm³/mol. The van der Waals surface area contributed by atoms with Gasteiger partial charge in [0.2, 0.25) is 0 Å². The molecule has 2 nitrogen and oxygen atoms in total. The second-order valence-corrected chi connectivity index (χ2v) is 4.70. The van der Waals surface area contributed by atoms with Gasteiger partial charge >= 0.3 is 0 Å². The largest absolute Gasteiger partial charge is 0.496 e. The fraction of sp³-hybridized carbons (Fsp3) is 0.235. The zero-order valence-corrected chi connectivity index (χ0v) is 12.0. The topological polar surface area (TPSA) is 26.3 Å². The van der Waals surface area contributed by atoms with Crippen LogP contribution < -0.4 is 4.74 Å². The van der Waals surface area contributed by atoms with Gasteiger partial charge < -0.3 is 4.74 Å². The third kappa shape index (κ3) is 3.10. The third-order valence-corrected chi connectivity index (χ3v) is 3.26. The lowest BCUT2D eigenvalue weighted by atomic mass is 9.97. The number of halogens is 2. The third-order valence-electron chi connectivity index (χ3n) is 3.26. The zero-order chi connectivity index (χ0) is 15.4. The number of aryl methyl sites for hydroxylation is 1.